The molecule has 1 fully saturated rings. The van der Waals surface area contributed by atoms with Crippen LogP contribution in [0.25, 0.3) is 0 Å². The van der Waals surface area contributed by atoms with Gasteiger partial charge in [0, 0.05) is 37.2 Å². The molecule has 90 valence electrons. The SMILES string of the molecule is CC1CNCCN1Cc1ccccc1Cl.Cl. The Hall–Kier alpha value is -0.280. The summed E-state index contributed by atoms with van der Waals surface area (Å²) in [6.45, 7) is 6.47. The van der Waals surface area contributed by atoms with Crippen molar-refractivity contribution in [1.29, 1.82) is 0 Å². The second kappa shape index (κ2) is 6.45. The zero-order valence-corrected chi connectivity index (χ0v) is 11.0. The lowest BCUT2D eigenvalue weighted by Gasteiger charge is -2.34. The van der Waals surface area contributed by atoms with Crippen LogP contribution in [0.5, 0.6) is 0 Å². The van der Waals surface area contributed by atoms with Crippen molar-refractivity contribution in [3.63, 3.8) is 0 Å². The van der Waals surface area contributed by atoms with Gasteiger partial charge in [-0.15, -0.1) is 12.4 Å². The smallest absolute Gasteiger partial charge is 0.0451 e. The number of halogens is 2. The fourth-order valence-corrected chi connectivity index (χ4v) is 2.16. The molecule has 0 spiro atoms. The molecule has 0 amide bonds. The maximum atomic E-state index is 6.15. The zero-order chi connectivity index (χ0) is 10.7. The standard InChI is InChI=1S/C12H17ClN2.ClH/c1-10-8-14-6-7-15(10)9-11-4-2-3-5-12(11)13;/h2-5,10,14H,6-9H2,1H3;1H. The van der Waals surface area contributed by atoms with Crippen LogP contribution in [0.4, 0.5) is 0 Å². The summed E-state index contributed by atoms with van der Waals surface area (Å²) in [5, 5.41) is 4.27. The third kappa shape index (κ3) is 3.36. The minimum atomic E-state index is 0. The molecule has 1 atom stereocenters. The summed E-state index contributed by atoms with van der Waals surface area (Å²) in [6.07, 6.45) is 0. The van der Waals surface area contributed by atoms with Crippen LogP contribution >= 0.6 is 24.0 Å². The highest BCUT2D eigenvalue weighted by atomic mass is 35.5. The molecular formula is C12H18Cl2N2. The highest BCUT2D eigenvalue weighted by Gasteiger charge is 2.18. The number of nitrogens with one attached hydrogen (secondary N) is 1. The van der Waals surface area contributed by atoms with Crippen LogP contribution in [-0.2, 0) is 6.54 Å². The third-order valence-electron chi connectivity index (χ3n) is 2.97. The molecule has 0 aromatic heterocycles. The van der Waals surface area contributed by atoms with Crippen LogP contribution in [0.15, 0.2) is 24.3 Å². The van der Waals surface area contributed by atoms with Gasteiger partial charge in [-0.3, -0.25) is 4.90 Å². The van der Waals surface area contributed by atoms with Gasteiger partial charge in [-0.05, 0) is 18.6 Å². The molecule has 1 N–H and O–H groups in total. The molecule has 0 saturated carbocycles. The Morgan fingerprint density at radius 1 is 1.44 bits per heavy atom. The van der Waals surface area contributed by atoms with Gasteiger partial charge >= 0.3 is 0 Å². The van der Waals surface area contributed by atoms with Gasteiger partial charge < -0.3 is 5.32 Å². The topological polar surface area (TPSA) is 15.3 Å². The molecule has 1 aromatic rings. The van der Waals surface area contributed by atoms with Crippen LogP contribution < -0.4 is 5.32 Å². The Morgan fingerprint density at radius 2 is 2.19 bits per heavy atom. The monoisotopic (exact) mass is 260 g/mol. The van der Waals surface area contributed by atoms with Gasteiger partial charge in [-0.25, -0.2) is 0 Å². The molecule has 0 bridgehead atoms. The van der Waals surface area contributed by atoms with E-state index in [4.69, 9.17) is 11.6 Å². The average Bonchev–Trinajstić information content (AvgIpc) is 2.24. The first kappa shape index (κ1) is 13.8. The minimum Gasteiger partial charge on any atom is -0.314 e. The Labute approximate surface area is 108 Å². The summed E-state index contributed by atoms with van der Waals surface area (Å²) in [4.78, 5) is 2.47. The van der Waals surface area contributed by atoms with Crippen molar-refractivity contribution in [1.82, 2.24) is 10.2 Å². The van der Waals surface area contributed by atoms with Crippen molar-refractivity contribution in [3.05, 3.63) is 34.9 Å². The molecule has 2 nitrogen and oxygen atoms in total. The van der Waals surface area contributed by atoms with Gasteiger partial charge in [0.1, 0.15) is 0 Å². The Morgan fingerprint density at radius 3 is 2.88 bits per heavy atom. The molecule has 1 heterocycles. The molecule has 0 aliphatic carbocycles. The Bertz CT molecular complexity index is 331. The number of hydrogen-bond acceptors (Lipinski definition) is 2. The van der Waals surface area contributed by atoms with Crippen LogP contribution in [0.2, 0.25) is 5.02 Å². The number of rotatable bonds is 2. The number of benzene rings is 1. The Balaban J connectivity index is 0.00000128. The van der Waals surface area contributed by atoms with E-state index in [2.05, 4.69) is 23.2 Å². The summed E-state index contributed by atoms with van der Waals surface area (Å²) in [6, 6.07) is 8.69. The zero-order valence-electron chi connectivity index (χ0n) is 9.45. The van der Waals surface area contributed by atoms with Gasteiger partial charge in [-0.1, -0.05) is 29.8 Å². The predicted molar refractivity (Wildman–Crippen MR) is 71.4 cm³/mol. The minimum absolute atomic E-state index is 0. The first-order chi connectivity index (χ1) is 7.27. The predicted octanol–water partition coefficient (Wildman–Crippen LogP) is 2.56. The molecule has 1 aliphatic rings. The van der Waals surface area contributed by atoms with Crippen molar-refractivity contribution in [2.24, 2.45) is 0 Å². The van der Waals surface area contributed by atoms with E-state index in [-0.39, 0.29) is 12.4 Å². The second-order valence-corrected chi connectivity index (χ2v) is 4.52. The maximum absolute atomic E-state index is 6.15. The molecule has 1 aliphatic heterocycles. The quantitative estimate of drug-likeness (QED) is 0.880. The summed E-state index contributed by atoms with van der Waals surface area (Å²) in [5.74, 6) is 0. The molecule has 16 heavy (non-hydrogen) atoms. The van der Waals surface area contributed by atoms with E-state index in [0.29, 0.717) is 6.04 Å². The lowest BCUT2D eigenvalue weighted by Crippen LogP contribution is -2.49. The van der Waals surface area contributed by atoms with E-state index < -0.39 is 0 Å². The lowest BCUT2D eigenvalue weighted by atomic mass is 10.1. The first-order valence-electron chi connectivity index (χ1n) is 5.45. The maximum Gasteiger partial charge on any atom is 0.0451 e. The van der Waals surface area contributed by atoms with Crippen molar-refractivity contribution < 1.29 is 0 Å². The molecule has 1 saturated heterocycles. The van der Waals surface area contributed by atoms with Crippen molar-refractivity contribution in [3.8, 4) is 0 Å². The summed E-state index contributed by atoms with van der Waals surface area (Å²) in [7, 11) is 0. The van der Waals surface area contributed by atoms with Crippen molar-refractivity contribution in [2.45, 2.75) is 19.5 Å². The molecule has 4 heteroatoms. The molecule has 2 rings (SSSR count). The largest absolute Gasteiger partial charge is 0.314 e. The fraction of sp³-hybridized carbons (Fsp3) is 0.500. The van der Waals surface area contributed by atoms with Crippen LogP contribution in [-0.4, -0.2) is 30.6 Å². The van der Waals surface area contributed by atoms with Gasteiger partial charge in [0.05, 0.1) is 0 Å². The van der Waals surface area contributed by atoms with Gasteiger partial charge in [-0.2, -0.15) is 0 Å². The van der Waals surface area contributed by atoms with Gasteiger partial charge in [0.2, 0.25) is 0 Å². The summed E-state index contributed by atoms with van der Waals surface area (Å²) < 4.78 is 0. The molecule has 0 radical (unpaired) electrons. The summed E-state index contributed by atoms with van der Waals surface area (Å²) in [5.41, 5.74) is 1.23. The van der Waals surface area contributed by atoms with Crippen LogP contribution in [0, 0.1) is 0 Å². The number of hydrogen-bond donors (Lipinski definition) is 1. The van der Waals surface area contributed by atoms with Crippen LogP contribution in [0.3, 0.4) is 0 Å². The molecular weight excluding hydrogens is 243 g/mol. The van der Waals surface area contributed by atoms with E-state index >= 15 is 0 Å². The normalized spacial score (nSPS) is 21.5. The first-order valence-corrected chi connectivity index (χ1v) is 5.83. The summed E-state index contributed by atoms with van der Waals surface area (Å²) >= 11 is 6.15. The van der Waals surface area contributed by atoms with Gasteiger partial charge in [0.25, 0.3) is 0 Å². The highest BCUT2D eigenvalue weighted by Crippen LogP contribution is 2.18. The van der Waals surface area contributed by atoms with Crippen LogP contribution in [0.1, 0.15) is 12.5 Å². The van der Waals surface area contributed by atoms with E-state index in [9.17, 15) is 0 Å². The van der Waals surface area contributed by atoms with Crippen molar-refractivity contribution >= 4 is 24.0 Å². The lowest BCUT2D eigenvalue weighted by molar-refractivity contribution is 0.165. The Kier molecular flexibility index (Phi) is 5.56. The van der Waals surface area contributed by atoms with E-state index in [1.807, 2.05) is 18.2 Å². The van der Waals surface area contributed by atoms with E-state index in [1.165, 1.54) is 5.56 Å². The van der Waals surface area contributed by atoms with E-state index in [1.54, 1.807) is 0 Å². The number of piperazine rings is 1. The average molecular weight is 261 g/mol. The molecule has 1 aromatic carbocycles. The van der Waals surface area contributed by atoms with Gasteiger partial charge in [0.15, 0.2) is 0 Å². The third-order valence-corrected chi connectivity index (χ3v) is 3.34. The molecule has 1 unspecified atom stereocenters. The fourth-order valence-electron chi connectivity index (χ4n) is 1.96. The second-order valence-electron chi connectivity index (χ2n) is 4.12. The van der Waals surface area contributed by atoms with E-state index in [0.717, 1.165) is 31.2 Å². The number of nitrogens with zero attached hydrogens (tertiary/aromatic N) is 1. The van der Waals surface area contributed by atoms with Crippen molar-refractivity contribution in [2.75, 3.05) is 19.6 Å². The highest BCUT2D eigenvalue weighted by molar-refractivity contribution is 6.31.